The number of nitrogen functional groups attached to an aromatic ring is 1. The Bertz CT molecular complexity index is 447. The zero-order chi connectivity index (χ0) is 12.3. The van der Waals surface area contributed by atoms with Gasteiger partial charge in [-0.05, 0) is 13.0 Å². The van der Waals surface area contributed by atoms with E-state index in [2.05, 4.69) is 0 Å². The molecule has 0 aliphatic heterocycles. The van der Waals surface area contributed by atoms with E-state index in [1.54, 1.807) is 6.92 Å². The first kappa shape index (κ1) is 12.3. The maximum atomic E-state index is 11.4. The van der Waals surface area contributed by atoms with Gasteiger partial charge in [0.2, 0.25) is 0 Å². The van der Waals surface area contributed by atoms with Gasteiger partial charge in [0.1, 0.15) is 5.69 Å². The SMILES string of the molecule is CCOC(=O)c1cc(Cl)cc([N+](=O)[O-])c1N. The third kappa shape index (κ3) is 2.40. The number of benzene rings is 1. The zero-order valence-corrected chi connectivity index (χ0v) is 9.15. The van der Waals surface area contributed by atoms with Crippen LogP contribution in [-0.4, -0.2) is 17.5 Å². The highest BCUT2D eigenvalue weighted by molar-refractivity contribution is 6.31. The van der Waals surface area contributed by atoms with Gasteiger partial charge in [0.25, 0.3) is 5.69 Å². The molecule has 0 bridgehead atoms. The summed E-state index contributed by atoms with van der Waals surface area (Å²) in [6.07, 6.45) is 0. The number of halogens is 1. The molecule has 0 aliphatic carbocycles. The van der Waals surface area contributed by atoms with Crippen LogP contribution in [0.5, 0.6) is 0 Å². The van der Waals surface area contributed by atoms with Crippen LogP contribution in [0.1, 0.15) is 17.3 Å². The molecule has 0 aromatic heterocycles. The molecular weight excluding hydrogens is 236 g/mol. The van der Waals surface area contributed by atoms with E-state index in [4.69, 9.17) is 22.1 Å². The number of hydrogen-bond donors (Lipinski definition) is 1. The van der Waals surface area contributed by atoms with Crippen LogP contribution in [0.3, 0.4) is 0 Å². The van der Waals surface area contributed by atoms with Gasteiger partial charge < -0.3 is 10.5 Å². The van der Waals surface area contributed by atoms with Crippen LogP contribution in [0.2, 0.25) is 5.02 Å². The Balaban J connectivity index is 3.29. The quantitative estimate of drug-likeness (QED) is 0.380. The smallest absolute Gasteiger partial charge is 0.340 e. The Morgan fingerprint density at radius 1 is 1.62 bits per heavy atom. The molecule has 1 rings (SSSR count). The predicted octanol–water partition coefficient (Wildman–Crippen LogP) is 2.01. The number of nitro groups is 1. The van der Waals surface area contributed by atoms with Gasteiger partial charge in [-0.2, -0.15) is 0 Å². The van der Waals surface area contributed by atoms with Crippen LogP contribution in [-0.2, 0) is 4.74 Å². The minimum atomic E-state index is -0.731. The van der Waals surface area contributed by atoms with Crippen molar-refractivity contribution in [1.29, 1.82) is 0 Å². The average Bonchev–Trinajstić information content (AvgIpc) is 2.20. The van der Waals surface area contributed by atoms with E-state index in [9.17, 15) is 14.9 Å². The maximum Gasteiger partial charge on any atom is 0.340 e. The molecule has 0 saturated heterocycles. The summed E-state index contributed by atoms with van der Waals surface area (Å²) in [5.74, 6) is -0.731. The fourth-order valence-electron chi connectivity index (χ4n) is 1.13. The van der Waals surface area contributed by atoms with Crippen LogP contribution in [0, 0.1) is 10.1 Å². The first-order valence-electron chi connectivity index (χ1n) is 4.38. The molecule has 0 saturated carbocycles. The summed E-state index contributed by atoms with van der Waals surface area (Å²) in [5.41, 5.74) is 4.74. The van der Waals surface area contributed by atoms with Gasteiger partial charge in [-0.15, -0.1) is 0 Å². The second-order valence-corrected chi connectivity index (χ2v) is 3.30. The number of anilines is 1. The lowest BCUT2D eigenvalue weighted by Gasteiger charge is -2.06. The van der Waals surface area contributed by atoms with Crippen molar-refractivity contribution in [3.05, 3.63) is 32.8 Å². The van der Waals surface area contributed by atoms with Crippen LogP contribution >= 0.6 is 11.6 Å². The standard InChI is InChI=1S/C9H9ClN2O4/c1-2-16-9(13)6-3-5(10)4-7(8(6)11)12(14)15/h3-4H,2,11H2,1H3. The lowest BCUT2D eigenvalue weighted by atomic mass is 10.1. The van der Waals surface area contributed by atoms with E-state index in [0.717, 1.165) is 6.07 Å². The lowest BCUT2D eigenvalue weighted by Crippen LogP contribution is -2.09. The topological polar surface area (TPSA) is 95.5 Å². The minimum Gasteiger partial charge on any atom is -0.462 e. The van der Waals surface area contributed by atoms with Crippen LogP contribution in [0.25, 0.3) is 0 Å². The number of hydrogen-bond acceptors (Lipinski definition) is 5. The molecule has 7 heteroatoms. The highest BCUT2D eigenvalue weighted by atomic mass is 35.5. The lowest BCUT2D eigenvalue weighted by molar-refractivity contribution is -0.383. The molecule has 0 aliphatic rings. The number of nitrogens with two attached hydrogens (primary N) is 1. The molecule has 0 radical (unpaired) electrons. The number of nitrogens with zero attached hydrogens (tertiary/aromatic N) is 1. The summed E-state index contributed by atoms with van der Waals surface area (Å²) in [6.45, 7) is 1.77. The molecule has 0 atom stereocenters. The van der Waals surface area contributed by atoms with Crippen molar-refractivity contribution in [3.63, 3.8) is 0 Å². The van der Waals surface area contributed by atoms with Crippen molar-refractivity contribution in [2.24, 2.45) is 0 Å². The van der Waals surface area contributed by atoms with Crippen molar-refractivity contribution in [3.8, 4) is 0 Å². The van der Waals surface area contributed by atoms with Crippen LogP contribution in [0.15, 0.2) is 12.1 Å². The molecule has 0 amide bonds. The fraction of sp³-hybridized carbons (Fsp3) is 0.222. The Hall–Kier alpha value is -1.82. The van der Waals surface area contributed by atoms with Gasteiger partial charge in [-0.1, -0.05) is 11.6 Å². The van der Waals surface area contributed by atoms with Crippen molar-refractivity contribution in [1.82, 2.24) is 0 Å². The molecule has 0 spiro atoms. The van der Waals surface area contributed by atoms with Gasteiger partial charge in [0.15, 0.2) is 0 Å². The molecule has 0 fully saturated rings. The van der Waals surface area contributed by atoms with Gasteiger partial charge in [-0.3, -0.25) is 10.1 Å². The largest absolute Gasteiger partial charge is 0.462 e. The molecule has 16 heavy (non-hydrogen) atoms. The normalized spacial score (nSPS) is 9.88. The summed E-state index contributed by atoms with van der Waals surface area (Å²) < 4.78 is 4.70. The molecular formula is C9H9ClN2O4. The summed E-state index contributed by atoms with van der Waals surface area (Å²) >= 11 is 5.64. The van der Waals surface area contributed by atoms with Crippen molar-refractivity contribution < 1.29 is 14.5 Å². The number of ether oxygens (including phenoxy) is 1. The van der Waals surface area contributed by atoms with Gasteiger partial charge >= 0.3 is 5.97 Å². The second-order valence-electron chi connectivity index (χ2n) is 2.86. The summed E-state index contributed by atoms with van der Waals surface area (Å²) in [4.78, 5) is 21.3. The van der Waals surface area contributed by atoms with Crippen molar-refractivity contribution >= 4 is 28.9 Å². The minimum absolute atomic E-state index is 0.0592. The van der Waals surface area contributed by atoms with Gasteiger partial charge in [0.05, 0.1) is 17.1 Å². The first-order chi connectivity index (χ1) is 7.47. The van der Waals surface area contributed by atoms with Gasteiger partial charge in [-0.25, -0.2) is 4.79 Å². The van der Waals surface area contributed by atoms with E-state index in [1.165, 1.54) is 6.07 Å². The Morgan fingerprint density at radius 2 is 2.25 bits per heavy atom. The Kier molecular flexibility index (Phi) is 3.68. The number of esters is 1. The van der Waals surface area contributed by atoms with E-state index < -0.39 is 16.6 Å². The van der Waals surface area contributed by atoms with E-state index in [0.29, 0.717) is 0 Å². The molecule has 1 aromatic carbocycles. The average molecular weight is 245 g/mol. The summed E-state index contributed by atoms with van der Waals surface area (Å²) in [6, 6.07) is 2.32. The third-order valence-corrected chi connectivity index (χ3v) is 2.03. The Labute approximate surface area is 96.1 Å². The third-order valence-electron chi connectivity index (χ3n) is 1.81. The number of carbonyl (C=O) groups excluding carboxylic acids is 1. The van der Waals surface area contributed by atoms with Crippen molar-refractivity contribution in [2.45, 2.75) is 6.92 Å². The number of nitro benzene ring substituents is 1. The highest BCUT2D eigenvalue weighted by Gasteiger charge is 2.21. The van der Waals surface area contributed by atoms with Crippen molar-refractivity contribution in [2.75, 3.05) is 12.3 Å². The molecule has 0 heterocycles. The van der Waals surface area contributed by atoms with Crippen LogP contribution < -0.4 is 5.73 Å². The second kappa shape index (κ2) is 4.80. The number of rotatable bonds is 3. The van der Waals surface area contributed by atoms with E-state index >= 15 is 0 Å². The predicted molar refractivity (Wildman–Crippen MR) is 58.5 cm³/mol. The van der Waals surface area contributed by atoms with Crippen LogP contribution in [0.4, 0.5) is 11.4 Å². The highest BCUT2D eigenvalue weighted by Crippen LogP contribution is 2.29. The molecule has 6 nitrogen and oxygen atoms in total. The summed E-state index contributed by atoms with van der Waals surface area (Å²) in [7, 11) is 0. The molecule has 0 unspecified atom stereocenters. The maximum absolute atomic E-state index is 11.4. The molecule has 86 valence electrons. The number of carbonyl (C=O) groups is 1. The van der Waals surface area contributed by atoms with E-state index in [-0.39, 0.29) is 22.9 Å². The van der Waals surface area contributed by atoms with Gasteiger partial charge in [0, 0.05) is 11.1 Å². The monoisotopic (exact) mass is 244 g/mol. The Morgan fingerprint density at radius 3 is 2.75 bits per heavy atom. The molecule has 2 N–H and O–H groups in total. The summed E-state index contributed by atoms with van der Waals surface area (Å²) in [5, 5.41) is 10.7. The first-order valence-corrected chi connectivity index (χ1v) is 4.75. The fourth-order valence-corrected chi connectivity index (χ4v) is 1.34. The van der Waals surface area contributed by atoms with E-state index in [1.807, 2.05) is 0 Å². The molecule has 1 aromatic rings. The zero-order valence-electron chi connectivity index (χ0n) is 8.40.